The quantitative estimate of drug-likeness (QED) is 0.709. The average molecular weight is 299 g/mol. The molecule has 0 aliphatic rings. The van der Waals surface area contributed by atoms with E-state index in [1.807, 2.05) is 24.4 Å². The molecule has 0 radical (unpaired) electrons. The van der Waals surface area contributed by atoms with Crippen LogP contribution in [0.3, 0.4) is 0 Å². The topological polar surface area (TPSA) is 54.8 Å². The van der Waals surface area contributed by atoms with Crippen LogP contribution in [0.1, 0.15) is 45.2 Å². The van der Waals surface area contributed by atoms with E-state index >= 15 is 0 Å². The second kappa shape index (κ2) is 9.07. The molecule has 0 spiro atoms. The standard InChI is InChI=1S/C17H25N5/c1-3-5-8-15(4-2)11-22(17-20-13-18-14-21-17)12-16-9-6-7-10-19-16/h6-7,9-10,13-15H,3-5,8,11-12H2,1-2H3. The van der Waals surface area contributed by atoms with Crippen molar-refractivity contribution < 1.29 is 0 Å². The van der Waals surface area contributed by atoms with Crippen molar-refractivity contribution in [2.75, 3.05) is 11.4 Å². The minimum atomic E-state index is 0.653. The molecule has 2 rings (SSSR count). The van der Waals surface area contributed by atoms with Gasteiger partial charge in [0.25, 0.3) is 0 Å². The van der Waals surface area contributed by atoms with Crippen LogP contribution >= 0.6 is 0 Å². The molecule has 0 amide bonds. The lowest BCUT2D eigenvalue weighted by Gasteiger charge is -2.26. The molecule has 1 unspecified atom stereocenters. The summed E-state index contributed by atoms with van der Waals surface area (Å²) < 4.78 is 0. The molecule has 0 saturated carbocycles. The normalized spacial score (nSPS) is 12.1. The van der Waals surface area contributed by atoms with Crippen molar-refractivity contribution in [2.24, 2.45) is 5.92 Å². The maximum absolute atomic E-state index is 4.43. The predicted octanol–water partition coefficient (Wildman–Crippen LogP) is 3.49. The Hall–Kier alpha value is -2.04. The molecule has 0 saturated heterocycles. The molecule has 2 aromatic heterocycles. The molecule has 0 bridgehead atoms. The Balaban J connectivity index is 2.11. The third kappa shape index (κ3) is 5.06. The second-order valence-corrected chi connectivity index (χ2v) is 5.56. The van der Waals surface area contributed by atoms with Gasteiger partial charge in [0.05, 0.1) is 12.2 Å². The van der Waals surface area contributed by atoms with Crippen molar-refractivity contribution in [3.8, 4) is 0 Å². The van der Waals surface area contributed by atoms with Gasteiger partial charge in [-0.25, -0.2) is 15.0 Å². The lowest BCUT2D eigenvalue weighted by molar-refractivity contribution is 0.441. The van der Waals surface area contributed by atoms with Crippen LogP contribution in [0.2, 0.25) is 0 Å². The summed E-state index contributed by atoms with van der Waals surface area (Å²) in [5, 5.41) is 0. The summed E-state index contributed by atoms with van der Waals surface area (Å²) in [4.78, 5) is 19.2. The first-order chi connectivity index (χ1) is 10.8. The van der Waals surface area contributed by atoms with E-state index < -0.39 is 0 Å². The van der Waals surface area contributed by atoms with E-state index in [1.54, 1.807) is 12.7 Å². The Kier molecular flexibility index (Phi) is 6.74. The minimum Gasteiger partial charge on any atom is -0.335 e. The van der Waals surface area contributed by atoms with Crippen molar-refractivity contribution >= 4 is 5.95 Å². The Bertz CT molecular complexity index is 517. The van der Waals surface area contributed by atoms with Gasteiger partial charge in [-0.1, -0.05) is 39.2 Å². The Morgan fingerprint density at radius 2 is 1.91 bits per heavy atom. The number of unbranched alkanes of at least 4 members (excludes halogenated alkanes) is 1. The van der Waals surface area contributed by atoms with Crippen molar-refractivity contribution in [1.29, 1.82) is 0 Å². The molecule has 0 aromatic carbocycles. The maximum atomic E-state index is 4.43. The lowest BCUT2D eigenvalue weighted by Crippen LogP contribution is -2.31. The second-order valence-electron chi connectivity index (χ2n) is 5.56. The van der Waals surface area contributed by atoms with Gasteiger partial charge in [-0.2, -0.15) is 0 Å². The zero-order chi connectivity index (χ0) is 15.6. The molecular formula is C17H25N5. The zero-order valence-corrected chi connectivity index (χ0v) is 13.5. The van der Waals surface area contributed by atoms with E-state index in [4.69, 9.17) is 0 Å². The van der Waals surface area contributed by atoms with Crippen molar-refractivity contribution in [3.63, 3.8) is 0 Å². The summed E-state index contributed by atoms with van der Waals surface area (Å²) in [5.41, 5.74) is 1.04. The highest BCUT2D eigenvalue weighted by Gasteiger charge is 2.16. The maximum Gasteiger partial charge on any atom is 0.228 e. The summed E-state index contributed by atoms with van der Waals surface area (Å²) in [5.74, 6) is 1.39. The predicted molar refractivity (Wildman–Crippen MR) is 88.4 cm³/mol. The number of hydrogen-bond acceptors (Lipinski definition) is 5. The molecule has 2 heterocycles. The summed E-state index contributed by atoms with van der Waals surface area (Å²) in [6.45, 7) is 6.18. The van der Waals surface area contributed by atoms with Gasteiger partial charge in [0.15, 0.2) is 0 Å². The fourth-order valence-electron chi connectivity index (χ4n) is 2.53. The van der Waals surface area contributed by atoms with Gasteiger partial charge in [-0.3, -0.25) is 4.98 Å². The zero-order valence-electron chi connectivity index (χ0n) is 13.5. The summed E-state index contributed by atoms with van der Waals surface area (Å²) >= 11 is 0. The van der Waals surface area contributed by atoms with Crippen LogP contribution in [-0.2, 0) is 6.54 Å². The van der Waals surface area contributed by atoms with Crippen LogP contribution < -0.4 is 4.90 Å². The highest BCUT2D eigenvalue weighted by atomic mass is 15.3. The van der Waals surface area contributed by atoms with Crippen molar-refractivity contribution in [1.82, 2.24) is 19.9 Å². The number of rotatable bonds is 9. The Morgan fingerprint density at radius 1 is 1.09 bits per heavy atom. The molecule has 2 aromatic rings. The smallest absolute Gasteiger partial charge is 0.228 e. The average Bonchev–Trinajstić information content (AvgIpc) is 2.59. The fraction of sp³-hybridized carbons (Fsp3) is 0.529. The highest BCUT2D eigenvalue weighted by molar-refractivity contribution is 5.29. The number of anilines is 1. The molecular weight excluding hydrogens is 274 g/mol. The fourth-order valence-corrected chi connectivity index (χ4v) is 2.53. The number of aromatic nitrogens is 4. The number of nitrogens with zero attached hydrogens (tertiary/aromatic N) is 5. The third-order valence-corrected chi connectivity index (χ3v) is 3.86. The molecule has 5 nitrogen and oxygen atoms in total. The Labute approximate surface area is 132 Å². The molecule has 0 aliphatic carbocycles. The lowest BCUT2D eigenvalue weighted by atomic mass is 9.99. The van der Waals surface area contributed by atoms with Gasteiger partial charge >= 0.3 is 0 Å². The first-order valence-electron chi connectivity index (χ1n) is 8.10. The van der Waals surface area contributed by atoms with Crippen molar-refractivity contribution in [2.45, 2.75) is 46.1 Å². The largest absolute Gasteiger partial charge is 0.335 e. The van der Waals surface area contributed by atoms with E-state index in [2.05, 4.69) is 38.7 Å². The highest BCUT2D eigenvalue weighted by Crippen LogP contribution is 2.18. The van der Waals surface area contributed by atoms with Crippen LogP contribution in [0.25, 0.3) is 0 Å². The summed E-state index contributed by atoms with van der Waals surface area (Å²) in [6, 6.07) is 6.00. The van der Waals surface area contributed by atoms with Crippen molar-refractivity contribution in [3.05, 3.63) is 42.7 Å². The molecule has 0 fully saturated rings. The minimum absolute atomic E-state index is 0.653. The van der Waals surface area contributed by atoms with Crippen LogP contribution in [0, 0.1) is 5.92 Å². The van der Waals surface area contributed by atoms with Gasteiger partial charge in [0.2, 0.25) is 5.95 Å². The first-order valence-corrected chi connectivity index (χ1v) is 8.10. The van der Waals surface area contributed by atoms with Crippen LogP contribution in [-0.4, -0.2) is 26.5 Å². The number of pyridine rings is 1. The molecule has 1 atom stereocenters. The van der Waals surface area contributed by atoms with Crippen LogP contribution in [0.4, 0.5) is 5.95 Å². The SMILES string of the molecule is CCCCC(CC)CN(Cc1ccccn1)c1ncncn1. The first kappa shape index (κ1) is 16.3. The Morgan fingerprint density at radius 3 is 2.55 bits per heavy atom. The monoisotopic (exact) mass is 299 g/mol. The number of hydrogen-bond donors (Lipinski definition) is 0. The van der Waals surface area contributed by atoms with E-state index in [0.29, 0.717) is 5.92 Å². The summed E-state index contributed by atoms with van der Waals surface area (Å²) in [6.07, 6.45) is 9.87. The van der Waals surface area contributed by atoms with E-state index in [0.717, 1.165) is 24.7 Å². The van der Waals surface area contributed by atoms with Crippen LogP contribution in [0.15, 0.2) is 37.1 Å². The van der Waals surface area contributed by atoms with Gasteiger partial charge in [0.1, 0.15) is 12.7 Å². The van der Waals surface area contributed by atoms with E-state index in [9.17, 15) is 0 Å². The molecule has 0 aliphatic heterocycles. The molecule has 22 heavy (non-hydrogen) atoms. The van der Waals surface area contributed by atoms with Crippen LogP contribution in [0.5, 0.6) is 0 Å². The van der Waals surface area contributed by atoms with Gasteiger partial charge in [0, 0.05) is 12.7 Å². The molecule has 5 heteroatoms. The van der Waals surface area contributed by atoms with E-state index in [-0.39, 0.29) is 0 Å². The van der Waals surface area contributed by atoms with Gasteiger partial charge < -0.3 is 4.90 Å². The molecule has 0 N–H and O–H groups in total. The third-order valence-electron chi connectivity index (χ3n) is 3.86. The van der Waals surface area contributed by atoms with Gasteiger partial charge in [-0.05, 0) is 24.5 Å². The van der Waals surface area contributed by atoms with Gasteiger partial charge in [-0.15, -0.1) is 0 Å². The van der Waals surface area contributed by atoms with E-state index in [1.165, 1.54) is 25.7 Å². The molecule has 118 valence electrons. The summed E-state index contributed by atoms with van der Waals surface area (Å²) in [7, 11) is 0.